The van der Waals surface area contributed by atoms with Gasteiger partial charge in [-0.15, -0.1) is 0 Å². The van der Waals surface area contributed by atoms with Gasteiger partial charge in [-0.25, -0.2) is 9.24 Å². The van der Waals surface area contributed by atoms with Gasteiger partial charge in [0.25, 0.3) is 0 Å². The fourth-order valence-electron chi connectivity index (χ4n) is 0.571. The molecule has 0 aliphatic carbocycles. The third kappa shape index (κ3) is 1.26. The summed E-state index contributed by atoms with van der Waals surface area (Å²) in [4.78, 5) is 3.01. The van der Waals surface area contributed by atoms with Crippen molar-refractivity contribution in [2.45, 2.75) is 0 Å². The molecule has 50 valence electrons. The minimum atomic E-state index is -0.435. The van der Waals surface area contributed by atoms with Crippen molar-refractivity contribution in [2.75, 3.05) is 0 Å². The number of rotatable bonds is 0. The molecule has 0 atom stereocenters. The fourth-order valence-corrected chi connectivity index (χ4v) is 0.731. The van der Waals surface area contributed by atoms with E-state index >= 15 is 0 Å². The predicted molar refractivity (Wildman–Crippen MR) is 37.7 cm³/mol. The Morgan fingerprint density at radius 3 is 2.70 bits per heavy atom. The maximum Gasteiger partial charge on any atom is 0.208 e. The van der Waals surface area contributed by atoms with Crippen molar-refractivity contribution in [2.24, 2.45) is 0 Å². The molecule has 0 aliphatic rings. The molecule has 0 fully saturated rings. The molecule has 0 aromatic heterocycles. The van der Waals surface area contributed by atoms with Gasteiger partial charge in [0, 0.05) is 5.02 Å². The molecule has 0 unspecified atom stereocenters. The molecule has 0 spiro atoms. The van der Waals surface area contributed by atoms with E-state index < -0.39 is 5.82 Å². The van der Waals surface area contributed by atoms with E-state index in [0.29, 0.717) is 0 Å². The van der Waals surface area contributed by atoms with E-state index in [1.807, 2.05) is 0 Å². The molecule has 0 aliphatic heterocycles. The first kappa shape index (κ1) is 7.04. The maximum atomic E-state index is 12.3. The van der Waals surface area contributed by atoms with Gasteiger partial charge in [0.05, 0.1) is 6.57 Å². The third-order valence-corrected chi connectivity index (χ3v) is 1.35. The van der Waals surface area contributed by atoms with Gasteiger partial charge in [0.1, 0.15) is 5.82 Å². The Morgan fingerprint density at radius 2 is 2.20 bits per heavy atom. The summed E-state index contributed by atoms with van der Waals surface area (Å²) in [6, 6.07) is 3.69. The van der Waals surface area contributed by atoms with Crippen LogP contribution in [-0.2, 0) is 0 Å². The van der Waals surface area contributed by atoms with Gasteiger partial charge in [-0.1, -0.05) is 17.7 Å². The van der Waals surface area contributed by atoms with Crippen molar-refractivity contribution >= 4 is 17.3 Å². The zero-order chi connectivity index (χ0) is 7.56. The summed E-state index contributed by atoms with van der Waals surface area (Å²) in [5.41, 5.74) is 0.154. The lowest BCUT2D eigenvalue weighted by molar-refractivity contribution is 0.628. The van der Waals surface area contributed by atoms with Crippen molar-refractivity contribution < 1.29 is 4.39 Å². The molecule has 1 nitrogen and oxygen atoms in total. The minimum Gasteiger partial charge on any atom is -0.236 e. The van der Waals surface area contributed by atoms with Crippen LogP contribution < -0.4 is 0 Å². The third-order valence-electron chi connectivity index (χ3n) is 1.03. The Balaban J connectivity index is 3.25. The van der Waals surface area contributed by atoms with Gasteiger partial charge in [-0.3, -0.25) is 0 Å². The Kier molecular flexibility index (Phi) is 1.88. The summed E-state index contributed by atoms with van der Waals surface area (Å²) in [6.45, 7) is 6.56. The van der Waals surface area contributed by atoms with Crippen LogP contribution in [0.5, 0.6) is 0 Å². The molecule has 1 rings (SSSR count). The molecular weight excluding hydrogens is 153 g/mol. The zero-order valence-corrected chi connectivity index (χ0v) is 5.69. The van der Waals surface area contributed by atoms with E-state index in [0.717, 1.165) is 6.07 Å². The molecule has 0 bridgehead atoms. The summed E-state index contributed by atoms with van der Waals surface area (Å²) in [5.74, 6) is -0.435. The first-order chi connectivity index (χ1) is 4.74. The summed E-state index contributed by atoms with van der Waals surface area (Å²) in [5, 5.41) is 0.288. The number of hydrogen-bond donors (Lipinski definition) is 0. The quantitative estimate of drug-likeness (QED) is 0.508. The molecule has 0 radical (unpaired) electrons. The highest BCUT2D eigenvalue weighted by atomic mass is 35.5. The fraction of sp³-hybridized carbons (Fsp3) is 0. The molecule has 1 aromatic rings. The SMILES string of the molecule is [C-]#[N+]c1cc(F)ccc1Cl. The largest absolute Gasteiger partial charge is 0.236 e. The minimum absolute atomic E-state index is 0.154. The molecule has 10 heavy (non-hydrogen) atoms. The van der Waals surface area contributed by atoms with Gasteiger partial charge < -0.3 is 0 Å². The van der Waals surface area contributed by atoms with Gasteiger partial charge in [0.15, 0.2) is 0 Å². The second kappa shape index (κ2) is 2.68. The highest BCUT2D eigenvalue weighted by Crippen LogP contribution is 2.24. The van der Waals surface area contributed by atoms with Gasteiger partial charge in [-0.2, -0.15) is 0 Å². The Hall–Kier alpha value is -1.07. The number of benzene rings is 1. The van der Waals surface area contributed by atoms with Crippen LogP contribution in [0.2, 0.25) is 5.02 Å². The van der Waals surface area contributed by atoms with Crippen LogP contribution in [0, 0.1) is 12.4 Å². The average Bonchev–Trinajstić information content (AvgIpc) is 1.94. The lowest BCUT2D eigenvalue weighted by Gasteiger charge is -1.91. The normalized spacial score (nSPS) is 8.90. The summed E-state index contributed by atoms with van der Waals surface area (Å²) < 4.78 is 12.3. The van der Waals surface area contributed by atoms with Gasteiger partial charge >= 0.3 is 0 Å². The van der Waals surface area contributed by atoms with Crippen molar-refractivity contribution in [3.8, 4) is 0 Å². The van der Waals surface area contributed by atoms with E-state index in [9.17, 15) is 4.39 Å². The van der Waals surface area contributed by atoms with E-state index in [2.05, 4.69) is 4.85 Å². The highest BCUT2D eigenvalue weighted by molar-refractivity contribution is 6.33. The van der Waals surface area contributed by atoms with E-state index in [-0.39, 0.29) is 10.7 Å². The standard InChI is InChI=1S/C7H3ClFN/c1-10-7-4-5(9)2-3-6(7)8/h2-4H. The first-order valence-electron chi connectivity index (χ1n) is 2.56. The first-order valence-corrected chi connectivity index (χ1v) is 2.94. The summed E-state index contributed by atoms with van der Waals surface area (Å²) in [6.07, 6.45) is 0. The van der Waals surface area contributed by atoms with Crippen LogP contribution in [-0.4, -0.2) is 0 Å². The van der Waals surface area contributed by atoms with Crippen molar-refractivity contribution in [3.63, 3.8) is 0 Å². The smallest absolute Gasteiger partial charge is 0.208 e. The lowest BCUT2D eigenvalue weighted by atomic mass is 10.3. The van der Waals surface area contributed by atoms with Gasteiger partial charge in [-0.05, 0) is 12.1 Å². The van der Waals surface area contributed by atoms with Crippen molar-refractivity contribution in [3.05, 3.63) is 40.5 Å². The molecular formula is C7H3ClFN. The van der Waals surface area contributed by atoms with Crippen LogP contribution in [0.25, 0.3) is 4.85 Å². The summed E-state index contributed by atoms with van der Waals surface area (Å²) >= 11 is 5.52. The van der Waals surface area contributed by atoms with Crippen LogP contribution >= 0.6 is 11.6 Å². The maximum absolute atomic E-state index is 12.3. The number of hydrogen-bond acceptors (Lipinski definition) is 0. The summed E-state index contributed by atoms with van der Waals surface area (Å²) in [7, 11) is 0. The molecule has 0 amide bonds. The van der Waals surface area contributed by atoms with E-state index in [1.54, 1.807) is 0 Å². The topological polar surface area (TPSA) is 4.36 Å². The molecule has 0 saturated carbocycles. The Labute approximate surface area is 62.9 Å². The number of nitrogens with zero attached hydrogens (tertiary/aromatic N) is 1. The van der Waals surface area contributed by atoms with Gasteiger partial charge in [0.2, 0.25) is 5.69 Å². The average molecular weight is 156 g/mol. The highest BCUT2D eigenvalue weighted by Gasteiger charge is 1.98. The molecule has 0 N–H and O–H groups in total. The van der Waals surface area contributed by atoms with Crippen LogP contribution in [0.1, 0.15) is 0 Å². The predicted octanol–water partition coefficient (Wildman–Crippen LogP) is 3.03. The van der Waals surface area contributed by atoms with E-state index in [1.165, 1.54) is 12.1 Å². The van der Waals surface area contributed by atoms with Crippen LogP contribution in [0.15, 0.2) is 18.2 Å². The molecule has 0 saturated heterocycles. The van der Waals surface area contributed by atoms with E-state index in [4.69, 9.17) is 18.2 Å². The molecule has 0 heterocycles. The van der Waals surface area contributed by atoms with Crippen LogP contribution in [0.3, 0.4) is 0 Å². The second-order valence-electron chi connectivity index (χ2n) is 1.71. The zero-order valence-electron chi connectivity index (χ0n) is 4.94. The van der Waals surface area contributed by atoms with Crippen molar-refractivity contribution in [1.29, 1.82) is 0 Å². The Bertz CT molecular complexity index is 290. The van der Waals surface area contributed by atoms with Crippen LogP contribution in [0.4, 0.5) is 10.1 Å². The van der Waals surface area contributed by atoms with Crippen molar-refractivity contribution in [1.82, 2.24) is 0 Å². The lowest BCUT2D eigenvalue weighted by Crippen LogP contribution is -1.70. The Morgan fingerprint density at radius 1 is 1.50 bits per heavy atom. The monoisotopic (exact) mass is 155 g/mol. The number of halogens is 2. The second-order valence-corrected chi connectivity index (χ2v) is 2.11. The molecule has 1 aromatic carbocycles. The molecule has 3 heteroatoms.